The Morgan fingerprint density at radius 1 is 1.19 bits per heavy atom. The molecule has 3 heterocycles. The van der Waals surface area contributed by atoms with Crippen LogP contribution in [0.5, 0.6) is 5.75 Å². The van der Waals surface area contributed by atoms with Crippen LogP contribution in [0.15, 0.2) is 42.6 Å². The van der Waals surface area contributed by atoms with Gasteiger partial charge in [0.15, 0.2) is 9.86 Å². The van der Waals surface area contributed by atoms with E-state index in [1.54, 1.807) is 17.4 Å². The summed E-state index contributed by atoms with van der Waals surface area (Å²) in [6.45, 7) is 1.91. The summed E-state index contributed by atoms with van der Waals surface area (Å²) in [7, 11) is 0. The van der Waals surface area contributed by atoms with E-state index in [9.17, 15) is 4.91 Å². The van der Waals surface area contributed by atoms with Gasteiger partial charge in [-0.05, 0) is 47.8 Å². The average molecular weight is 390 g/mol. The van der Waals surface area contributed by atoms with Crippen molar-refractivity contribution in [2.45, 2.75) is 25.5 Å². The van der Waals surface area contributed by atoms with Gasteiger partial charge >= 0.3 is 6.04 Å². The van der Waals surface area contributed by atoms with Crippen LogP contribution in [0, 0.1) is 4.91 Å². The van der Waals surface area contributed by atoms with Crippen LogP contribution in [-0.2, 0) is 6.61 Å². The van der Waals surface area contributed by atoms with Crippen molar-refractivity contribution in [3.05, 3.63) is 63.8 Å². The van der Waals surface area contributed by atoms with E-state index in [0.717, 1.165) is 29.8 Å². The van der Waals surface area contributed by atoms with E-state index in [-0.39, 0.29) is 0 Å². The van der Waals surface area contributed by atoms with E-state index in [2.05, 4.69) is 4.98 Å². The Labute approximate surface area is 161 Å². The van der Waals surface area contributed by atoms with E-state index in [1.807, 2.05) is 35.3 Å². The fourth-order valence-electron chi connectivity index (χ4n) is 3.17. The van der Waals surface area contributed by atoms with Crippen molar-refractivity contribution in [3.63, 3.8) is 0 Å². The maximum atomic E-state index is 12.6. The van der Waals surface area contributed by atoms with Crippen molar-refractivity contribution < 1.29 is 9.61 Å². The first kappa shape index (κ1) is 17.2. The van der Waals surface area contributed by atoms with Gasteiger partial charge in [0, 0.05) is 11.6 Å². The predicted molar refractivity (Wildman–Crippen MR) is 102 cm³/mol. The lowest BCUT2D eigenvalue weighted by Crippen LogP contribution is -2.45. The van der Waals surface area contributed by atoms with E-state index >= 15 is 0 Å². The molecule has 0 amide bonds. The molecule has 1 aromatic heterocycles. The van der Waals surface area contributed by atoms with Crippen molar-refractivity contribution in [2.75, 3.05) is 13.1 Å². The van der Waals surface area contributed by atoms with E-state index < -0.39 is 6.04 Å². The van der Waals surface area contributed by atoms with Gasteiger partial charge in [-0.1, -0.05) is 36.0 Å². The molecule has 1 atom stereocenters. The number of halogens is 1. The minimum atomic E-state index is -0.548. The predicted octanol–water partition coefficient (Wildman–Crippen LogP) is 3.70. The molecule has 1 aromatic carbocycles. The van der Waals surface area contributed by atoms with E-state index in [4.69, 9.17) is 28.6 Å². The maximum Gasteiger partial charge on any atom is 0.329 e. The number of hydrogen-bond acceptors (Lipinski definition) is 4. The Bertz CT molecular complexity index is 804. The number of hydrazine groups is 2. The van der Waals surface area contributed by atoms with E-state index in [0.29, 0.717) is 34.6 Å². The monoisotopic (exact) mass is 389 g/mol. The molecule has 134 valence electrons. The second kappa shape index (κ2) is 7.17. The molecule has 0 bridgehead atoms. The Kier molecular flexibility index (Phi) is 4.74. The number of nitrogens with zero attached hydrogens (tertiary/aromatic N) is 4. The highest BCUT2D eigenvalue weighted by atomic mass is 35.5. The molecule has 2 aromatic rings. The van der Waals surface area contributed by atoms with Crippen LogP contribution < -0.4 is 4.74 Å². The van der Waals surface area contributed by atoms with Crippen LogP contribution >= 0.6 is 23.8 Å². The third-order valence-corrected chi connectivity index (χ3v) is 5.24. The molecule has 2 aliphatic rings. The summed E-state index contributed by atoms with van der Waals surface area (Å²) in [6.07, 6.45) is 3.67. The van der Waals surface area contributed by atoms with Crippen molar-refractivity contribution in [1.29, 1.82) is 0 Å². The third-order valence-electron chi connectivity index (χ3n) is 4.55. The first-order valence-corrected chi connectivity index (χ1v) is 9.30. The summed E-state index contributed by atoms with van der Waals surface area (Å²) in [4.78, 5) is 18.6. The summed E-state index contributed by atoms with van der Waals surface area (Å²) >= 11 is 11.4. The number of rotatable bonds is 4. The van der Waals surface area contributed by atoms with Gasteiger partial charge < -0.3 is 4.74 Å². The molecule has 0 radical (unpaired) electrons. The molecular formula is C18H18ClN4O2S+. The minimum absolute atomic E-state index is 0.426. The van der Waals surface area contributed by atoms with Crippen molar-refractivity contribution in [3.8, 4) is 5.75 Å². The molecule has 0 spiro atoms. The van der Waals surface area contributed by atoms with Crippen LogP contribution in [0.25, 0.3) is 0 Å². The minimum Gasteiger partial charge on any atom is -0.487 e. The van der Waals surface area contributed by atoms with Gasteiger partial charge in [0.2, 0.25) is 0 Å². The van der Waals surface area contributed by atoms with Crippen molar-refractivity contribution in [2.24, 2.45) is 0 Å². The molecule has 8 heteroatoms. The quantitative estimate of drug-likeness (QED) is 0.587. The highest BCUT2D eigenvalue weighted by molar-refractivity contribution is 7.80. The van der Waals surface area contributed by atoms with Gasteiger partial charge in [-0.15, -0.1) is 0 Å². The molecular weight excluding hydrogens is 372 g/mol. The largest absolute Gasteiger partial charge is 0.487 e. The number of nitroso groups, excluding NO2 is 1. The van der Waals surface area contributed by atoms with E-state index in [1.165, 1.54) is 0 Å². The molecule has 26 heavy (non-hydrogen) atoms. The number of fused-ring (bicyclic) bond motifs is 1. The average Bonchev–Trinajstić information content (AvgIpc) is 2.93. The first-order valence-electron chi connectivity index (χ1n) is 8.52. The fourth-order valence-corrected chi connectivity index (χ4v) is 3.70. The van der Waals surface area contributed by atoms with Crippen LogP contribution in [0.4, 0.5) is 0 Å². The fraction of sp³-hybridized carbons (Fsp3) is 0.333. The number of thiocarbonyl (C=S) groups is 1. The molecule has 2 aliphatic heterocycles. The number of pyridine rings is 1. The van der Waals surface area contributed by atoms with Crippen LogP contribution in [0.1, 0.15) is 30.1 Å². The number of ether oxygens (including phenoxy) is 1. The summed E-state index contributed by atoms with van der Waals surface area (Å²) in [5.41, 5.74) is 1.66. The zero-order valence-corrected chi connectivity index (χ0v) is 15.6. The summed E-state index contributed by atoms with van der Waals surface area (Å²) in [5, 5.41) is 4.27. The molecule has 6 nitrogen and oxygen atoms in total. The number of hydrogen-bond donors (Lipinski definition) is 0. The zero-order chi connectivity index (χ0) is 18.1. The Hall–Kier alpha value is -2.25. The highest BCUT2D eigenvalue weighted by Gasteiger charge is 2.52. The Balaban J connectivity index is 1.45. The number of benzene rings is 1. The second-order valence-corrected chi connectivity index (χ2v) is 7.16. The smallest absolute Gasteiger partial charge is 0.329 e. The maximum absolute atomic E-state index is 12.6. The van der Waals surface area contributed by atoms with Gasteiger partial charge in [-0.2, -0.15) is 0 Å². The van der Waals surface area contributed by atoms with Crippen LogP contribution in [0.3, 0.4) is 0 Å². The molecule has 0 N–H and O–H groups in total. The van der Waals surface area contributed by atoms with Crippen molar-refractivity contribution >= 4 is 28.8 Å². The highest BCUT2D eigenvalue weighted by Crippen LogP contribution is 2.31. The summed E-state index contributed by atoms with van der Waals surface area (Å²) < 4.78 is 5.75. The van der Waals surface area contributed by atoms with Gasteiger partial charge in [0.05, 0.1) is 11.1 Å². The third kappa shape index (κ3) is 3.24. The molecule has 0 aliphatic carbocycles. The zero-order valence-electron chi connectivity index (χ0n) is 14.0. The lowest BCUT2D eigenvalue weighted by Gasteiger charge is -2.25. The lowest BCUT2D eigenvalue weighted by molar-refractivity contribution is -0.740. The molecule has 4 rings (SSSR count). The van der Waals surface area contributed by atoms with Gasteiger partial charge in [0.25, 0.3) is 0 Å². The SMILES string of the molecule is O=[N+]1C(c2ccc(OCc3ccc(Cl)cc3)cn2)C(=S)N2CCCCN21. The van der Waals surface area contributed by atoms with Gasteiger partial charge in [-0.3, -0.25) is 0 Å². The summed E-state index contributed by atoms with van der Waals surface area (Å²) in [5.74, 6) is 0.642. The molecule has 2 fully saturated rings. The van der Waals surface area contributed by atoms with Crippen molar-refractivity contribution in [1.82, 2.24) is 15.1 Å². The molecule has 0 saturated carbocycles. The topological polar surface area (TPSA) is 48.7 Å². The van der Waals surface area contributed by atoms with Gasteiger partial charge in [0.1, 0.15) is 24.6 Å². The Morgan fingerprint density at radius 2 is 1.96 bits per heavy atom. The van der Waals surface area contributed by atoms with Crippen LogP contribution in [-0.4, -0.2) is 38.1 Å². The Morgan fingerprint density at radius 3 is 2.65 bits per heavy atom. The lowest BCUT2D eigenvalue weighted by atomic mass is 10.2. The standard InChI is InChI=1S/C18H18ClN4O2S/c19-14-5-3-13(4-6-14)12-25-15-7-8-16(20-11-15)17-18(26)21-9-1-2-10-22(21)23(17)24/h3-8,11,17H,1-2,9-10,12H2/q+1. The van der Waals surface area contributed by atoms with Crippen LogP contribution in [0.2, 0.25) is 5.02 Å². The molecule has 1 unspecified atom stereocenters. The second-order valence-electron chi connectivity index (χ2n) is 6.30. The van der Waals surface area contributed by atoms with Gasteiger partial charge in [-0.25, -0.2) is 9.99 Å². The number of aromatic nitrogens is 1. The summed E-state index contributed by atoms with van der Waals surface area (Å²) in [6, 6.07) is 10.6. The normalized spacial score (nSPS) is 19.7. The molecule has 2 saturated heterocycles. The first-order chi connectivity index (χ1) is 12.6.